The van der Waals surface area contributed by atoms with Gasteiger partial charge in [-0.1, -0.05) is 30.3 Å². The highest BCUT2D eigenvalue weighted by atomic mass is 32.1. The molecule has 4 nitrogen and oxygen atoms in total. The molecule has 5 heteroatoms. The van der Waals surface area contributed by atoms with Gasteiger partial charge in [-0.3, -0.25) is 9.59 Å². The maximum absolute atomic E-state index is 12.6. The van der Waals surface area contributed by atoms with Crippen molar-refractivity contribution in [1.29, 1.82) is 0 Å². The molecule has 0 bridgehead atoms. The number of nitrogens with zero attached hydrogens (tertiary/aromatic N) is 1. The van der Waals surface area contributed by atoms with Crippen molar-refractivity contribution in [3.8, 4) is 0 Å². The molecular formula is C18H19NO3S. The number of rotatable bonds is 3. The van der Waals surface area contributed by atoms with Crippen LogP contribution in [-0.4, -0.2) is 35.0 Å². The van der Waals surface area contributed by atoms with E-state index in [-0.39, 0.29) is 5.91 Å². The van der Waals surface area contributed by atoms with E-state index in [1.165, 1.54) is 11.3 Å². The van der Waals surface area contributed by atoms with Gasteiger partial charge in [-0.2, -0.15) is 11.3 Å². The molecule has 0 spiro atoms. The molecule has 1 aliphatic heterocycles. The van der Waals surface area contributed by atoms with E-state index in [0.717, 1.165) is 16.7 Å². The highest BCUT2D eigenvalue weighted by Crippen LogP contribution is 2.36. The number of aryl methyl sites for hydroxylation is 1. The monoisotopic (exact) mass is 329 g/mol. The standard InChI is InChI=1S/C18H19NO3S/c1-13-11-23-12-15(13)16(20)19-9-7-18(8-10-19,17(21)22)14-5-3-2-4-6-14/h2-6,11-12H,7-10H2,1H3,(H,21,22). The van der Waals surface area contributed by atoms with Crippen LogP contribution in [0.3, 0.4) is 0 Å². The molecule has 3 rings (SSSR count). The van der Waals surface area contributed by atoms with E-state index >= 15 is 0 Å². The van der Waals surface area contributed by atoms with E-state index in [2.05, 4.69) is 0 Å². The first-order valence-electron chi connectivity index (χ1n) is 7.65. The molecule has 1 N–H and O–H groups in total. The SMILES string of the molecule is Cc1cscc1C(=O)N1CCC(C(=O)O)(c2ccccc2)CC1. The van der Waals surface area contributed by atoms with Crippen molar-refractivity contribution in [3.63, 3.8) is 0 Å². The van der Waals surface area contributed by atoms with Crippen LogP contribution in [0.1, 0.15) is 34.3 Å². The number of carboxylic acids is 1. The number of aliphatic carboxylic acids is 1. The van der Waals surface area contributed by atoms with Gasteiger partial charge in [0.15, 0.2) is 0 Å². The Balaban J connectivity index is 1.80. The predicted molar refractivity (Wildman–Crippen MR) is 89.9 cm³/mol. The number of hydrogen-bond acceptors (Lipinski definition) is 3. The van der Waals surface area contributed by atoms with Crippen LogP contribution in [0.5, 0.6) is 0 Å². The van der Waals surface area contributed by atoms with Gasteiger partial charge in [-0.25, -0.2) is 0 Å². The molecule has 23 heavy (non-hydrogen) atoms. The Morgan fingerprint density at radius 1 is 1.13 bits per heavy atom. The minimum Gasteiger partial charge on any atom is -0.481 e. The lowest BCUT2D eigenvalue weighted by Gasteiger charge is -2.39. The molecule has 0 unspecified atom stereocenters. The summed E-state index contributed by atoms with van der Waals surface area (Å²) in [6.07, 6.45) is 0.891. The van der Waals surface area contributed by atoms with Crippen LogP contribution in [0.2, 0.25) is 0 Å². The molecule has 0 aliphatic carbocycles. The maximum atomic E-state index is 12.6. The number of carboxylic acid groups (broad SMARTS) is 1. The molecule has 1 aromatic carbocycles. The van der Waals surface area contributed by atoms with Crippen molar-refractivity contribution in [2.75, 3.05) is 13.1 Å². The largest absolute Gasteiger partial charge is 0.481 e. The van der Waals surface area contributed by atoms with E-state index in [0.29, 0.717) is 25.9 Å². The van der Waals surface area contributed by atoms with E-state index in [4.69, 9.17) is 0 Å². The second kappa shape index (κ2) is 6.16. The zero-order valence-corrected chi connectivity index (χ0v) is 13.8. The molecule has 1 aliphatic rings. The number of benzene rings is 1. The molecule has 1 saturated heterocycles. The van der Waals surface area contributed by atoms with E-state index in [1.54, 1.807) is 4.90 Å². The van der Waals surface area contributed by atoms with Crippen LogP contribution in [0.25, 0.3) is 0 Å². The van der Waals surface area contributed by atoms with E-state index in [1.807, 2.05) is 48.0 Å². The van der Waals surface area contributed by atoms with Gasteiger partial charge >= 0.3 is 5.97 Å². The third-order valence-electron chi connectivity index (χ3n) is 4.73. The number of carbonyl (C=O) groups is 2. The number of carbonyl (C=O) groups excluding carboxylic acids is 1. The average Bonchev–Trinajstić information content (AvgIpc) is 3.01. The van der Waals surface area contributed by atoms with Crippen molar-refractivity contribution < 1.29 is 14.7 Å². The van der Waals surface area contributed by atoms with E-state index < -0.39 is 11.4 Å². The summed E-state index contributed by atoms with van der Waals surface area (Å²) in [5, 5.41) is 13.6. The lowest BCUT2D eigenvalue weighted by molar-refractivity contribution is -0.145. The first kappa shape index (κ1) is 15.7. The summed E-state index contributed by atoms with van der Waals surface area (Å²) in [4.78, 5) is 26.3. The normalized spacial score (nSPS) is 17.0. The number of amides is 1. The van der Waals surface area contributed by atoms with Gasteiger partial charge in [-0.05, 0) is 36.3 Å². The molecule has 120 valence electrons. The first-order chi connectivity index (χ1) is 11.0. The predicted octanol–water partition coefficient (Wildman–Crippen LogP) is 3.32. The molecule has 1 aromatic heterocycles. The first-order valence-corrected chi connectivity index (χ1v) is 8.60. The summed E-state index contributed by atoms with van der Waals surface area (Å²) >= 11 is 1.52. The topological polar surface area (TPSA) is 57.6 Å². The van der Waals surface area contributed by atoms with Crippen LogP contribution in [0.15, 0.2) is 41.1 Å². The molecule has 0 radical (unpaired) electrons. The third-order valence-corrected chi connectivity index (χ3v) is 5.59. The van der Waals surface area contributed by atoms with Gasteiger partial charge in [0.25, 0.3) is 5.91 Å². The highest BCUT2D eigenvalue weighted by molar-refractivity contribution is 7.08. The maximum Gasteiger partial charge on any atom is 0.314 e. The summed E-state index contributed by atoms with van der Waals surface area (Å²) in [6, 6.07) is 9.36. The van der Waals surface area contributed by atoms with Gasteiger partial charge in [0.2, 0.25) is 0 Å². The lowest BCUT2D eigenvalue weighted by Crippen LogP contribution is -2.49. The van der Waals surface area contributed by atoms with Crippen molar-refractivity contribution in [1.82, 2.24) is 4.90 Å². The highest BCUT2D eigenvalue weighted by Gasteiger charge is 2.44. The molecular weight excluding hydrogens is 310 g/mol. The minimum atomic E-state index is -0.887. The Morgan fingerprint density at radius 2 is 1.78 bits per heavy atom. The van der Waals surface area contributed by atoms with E-state index in [9.17, 15) is 14.7 Å². The molecule has 2 heterocycles. The fraction of sp³-hybridized carbons (Fsp3) is 0.333. The van der Waals surface area contributed by atoms with Gasteiger partial charge in [0.1, 0.15) is 0 Å². The Kier molecular flexibility index (Phi) is 4.22. The van der Waals surface area contributed by atoms with Crippen LogP contribution in [0.4, 0.5) is 0 Å². The molecule has 0 atom stereocenters. The smallest absolute Gasteiger partial charge is 0.314 e. The van der Waals surface area contributed by atoms with Gasteiger partial charge < -0.3 is 10.0 Å². The molecule has 2 aromatic rings. The molecule has 1 fully saturated rings. The fourth-order valence-corrected chi connectivity index (χ4v) is 4.05. The third kappa shape index (κ3) is 2.77. The van der Waals surface area contributed by atoms with Crippen molar-refractivity contribution in [2.45, 2.75) is 25.2 Å². The lowest BCUT2D eigenvalue weighted by atomic mass is 9.73. The van der Waals surface area contributed by atoms with Crippen LogP contribution in [-0.2, 0) is 10.2 Å². The number of piperidine rings is 1. The summed E-state index contributed by atoms with van der Waals surface area (Å²) in [5.41, 5.74) is 1.66. The van der Waals surface area contributed by atoms with Gasteiger partial charge in [0.05, 0.1) is 11.0 Å². The Bertz CT molecular complexity index is 715. The number of hydrogen-bond donors (Lipinski definition) is 1. The number of thiophene rings is 1. The number of likely N-dealkylation sites (tertiary alicyclic amines) is 1. The fourth-order valence-electron chi connectivity index (χ4n) is 3.22. The summed E-state index contributed by atoms with van der Waals surface area (Å²) in [6.45, 7) is 2.86. The second-order valence-electron chi connectivity index (χ2n) is 6.01. The van der Waals surface area contributed by atoms with Crippen molar-refractivity contribution in [2.24, 2.45) is 0 Å². The Morgan fingerprint density at radius 3 is 2.30 bits per heavy atom. The Labute approximate surface area is 139 Å². The molecule has 0 saturated carbocycles. The van der Waals surface area contributed by atoms with Crippen LogP contribution >= 0.6 is 11.3 Å². The average molecular weight is 329 g/mol. The van der Waals surface area contributed by atoms with Crippen molar-refractivity contribution >= 4 is 23.2 Å². The summed E-state index contributed by atoms with van der Waals surface area (Å²) in [7, 11) is 0. The summed E-state index contributed by atoms with van der Waals surface area (Å²) in [5.74, 6) is -0.793. The zero-order chi connectivity index (χ0) is 16.4. The van der Waals surface area contributed by atoms with Crippen LogP contribution < -0.4 is 0 Å². The minimum absolute atomic E-state index is 0.0100. The van der Waals surface area contributed by atoms with Crippen molar-refractivity contribution in [3.05, 3.63) is 57.8 Å². The quantitative estimate of drug-likeness (QED) is 0.940. The van der Waals surface area contributed by atoms with Gasteiger partial charge in [0, 0.05) is 18.5 Å². The molecule has 1 amide bonds. The Hall–Kier alpha value is -2.14. The zero-order valence-electron chi connectivity index (χ0n) is 13.0. The van der Waals surface area contributed by atoms with Crippen LogP contribution in [0, 0.1) is 6.92 Å². The second-order valence-corrected chi connectivity index (χ2v) is 6.76. The summed E-state index contributed by atoms with van der Waals surface area (Å²) < 4.78 is 0. The van der Waals surface area contributed by atoms with Gasteiger partial charge in [-0.15, -0.1) is 0 Å².